The van der Waals surface area contributed by atoms with Crippen molar-refractivity contribution in [3.05, 3.63) is 0 Å². The molecule has 3 atom stereocenters. The molecule has 1 saturated heterocycles. The molecule has 0 aromatic carbocycles. The van der Waals surface area contributed by atoms with E-state index in [1.54, 1.807) is 0 Å². The highest BCUT2D eigenvalue weighted by Gasteiger charge is 2.42. The average Bonchev–Trinajstić information content (AvgIpc) is 2.90. The third-order valence-electron chi connectivity index (χ3n) is 4.78. The van der Waals surface area contributed by atoms with Gasteiger partial charge in [0.25, 0.3) is 0 Å². The summed E-state index contributed by atoms with van der Waals surface area (Å²) in [5.74, 6) is 2.28. The third-order valence-corrected chi connectivity index (χ3v) is 4.78. The van der Waals surface area contributed by atoms with Gasteiger partial charge in [-0.15, -0.1) is 0 Å². The van der Waals surface area contributed by atoms with Gasteiger partial charge in [-0.2, -0.15) is 0 Å². The van der Waals surface area contributed by atoms with Gasteiger partial charge in [-0.3, -0.25) is 9.69 Å². The summed E-state index contributed by atoms with van der Waals surface area (Å²) in [6.07, 6.45) is 1.93. The van der Waals surface area contributed by atoms with Gasteiger partial charge < -0.3 is 10.0 Å². The number of rotatable bonds is 6. The highest BCUT2D eigenvalue weighted by molar-refractivity contribution is 5.78. The summed E-state index contributed by atoms with van der Waals surface area (Å²) in [5, 5.41) is 9.98. The molecule has 122 valence electrons. The van der Waals surface area contributed by atoms with Crippen LogP contribution in [-0.2, 0) is 4.79 Å². The zero-order valence-electron chi connectivity index (χ0n) is 14.1. The maximum absolute atomic E-state index is 12.6. The number of nitrogens with zero attached hydrogens (tertiary/aromatic N) is 2. The lowest BCUT2D eigenvalue weighted by Gasteiger charge is -2.28. The van der Waals surface area contributed by atoms with E-state index in [1.807, 2.05) is 4.90 Å². The van der Waals surface area contributed by atoms with Crippen LogP contribution < -0.4 is 0 Å². The Morgan fingerprint density at radius 3 is 2.29 bits per heavy atom. The number of hydrogen-bond acceptors (Lipinski definition) is 3. The van der Waals surface area contributed by atoms with Crippen molar-refractivity contribution in [3.63, 3.8) is 0 Å². The van der Waals surface area contributed by atoms with Gasteiger partial charge >= 0.3 is 0 Å². The Bertz CT molecular complexity index is 347. The zero-order chi connectivity index (χ0) is 15.6. The van der Waals surface area contributed by atoms with Crippen molar-refractivity contribution in [1.29, 1.82) is 0 Å². The van der Waals surface area contributed by atoms with E-state index in [2.05, 4.69) is 32.6 Å². The van der Waals surface area contributed by atoms with E-state index >= 15 is 0 Å². The van der Waals surface area contributed by atoms with E-state index in [0.29, 0.717) is 30.2 Å². The van der Waals surface area contributed by atoms with Crippen LogP contribution in [0.5, 0.6) is 0 Å². The van der Waals surface area contributed by atoms with Crippen molar-refractivity contribution in [2.45, 2.75) is 46.6 Å². The first-order chi connectivity index (χ1) is 9.86. The van der Waals surface area contributed by atoms with E-state index in [4.69, 9.17) is 0 Å². The molecule has 3 unspecified atom stereocenters. The van der Waals surface area contributed by atoms with Gasteiger partial charge in [0, 0.05) is 32.1 Å². The largest absolute Gasteiger partial charge is 0.393 e. The SMILES string of the molecule is CC(C)CN(CC(C)C)C(=O)CN1CC2CCC(O)C2C1. The highest BCUT2D eigenvalue weighted by atomic mass is 16.3. The molecule has 4 heteroatoms. The van der Waals surface area contributed by atoms with Crippen molar-refractivity contribution in [2.24, 2.45) is 23.7 Å². The average molecular weight is 296 g/mol. The van der Waals surface area contributed by atoms with Crippen LogP contribution in [0.25, 0.3) is 0 Å². The molecule has 4 nitrogen and oxygen atoms in total. The lowest BCUT2D eigenvalue weighted by molar-refractivity contribution is -0.133. The number of carbonyl (C=O) groups excluding carboxylic acids is 1. The molecule has 1 amide bonds. The minimum atomic E-state index is -0.141. The van der Waals surface area contributed by atoms with Crippen LogP contribution in [-0.4, -0.2) is 59.6 Å². The molecule has 0 spiro atoms. The normalized spacial score (nSPS) is 29.4. The van der Waals surface area contributed by atoms with Gasteiger partial charge in [0.15, 0.2) is 0 Å². The van der Waals surface area contributed by atoms with Crippen molar-refractivity contribution in [3.8, 4) is 0 Å². The van der Waals surface area contributed by atoms with Crippen molar-refractivity contribution < 1.29 is 9.90 Å². The summed E-state index contributed by atoms with van der Waals surface area (Å²) in [6, 6.07) is 0. The van der Waals surface area contributed by atoms with Crippen molar-refractivity contribution >= 4 is 5.91 Å². The van der Waals surface area contributed by atoms with Gasteiger partial charge in [0.05, 0.1) is 12.6 Å². The molecule has 1 heterocycles. The topological polar surface area (TPSA) is 43.8 Å². The zero-order valence-corrected chi connectivity index (χ0v) is 14.1. The van der Waals surface area contributed by atoms with Crippen LogP contribution in [0.15, 0.2) is 0 Å². The fourth-order valence-electron chi connectivity index (χ4n) is 3.91. The molecule has 2 aliphatic rings. The van der Waals surface area contributed by atoms with E-state index < -0.39 is 0 Å². The van der Waals surface area contributed by atoms with Crippen LogP contribution in [0, 0.1) is 23.7 Å². The monoisotopic (exact) mass is 296 g/mol. The molecule has 2 rings (SSSR count). The van der Waals surface area contributed by atoms with Gasteiger partial charge in [-0.05, 0) is 30.6 Å². The number of aliphatic hydroxyl groups is 1. The van der Waals surface area contributed by atoms with Gasteiger partial charge in [0.1, 0.15) is 0 Å². The van der Waals surface area contributed by atoms with Crippen molar-refractivity contribution in [2.75, 3.05) is 32.7 Å². The lowest BCUT2D eigenvalue weighted by Crippen LogP contribution is -2.43. The number of hydrogen-bond donors (Lipinski definition) is 1. The van der Waals surface area contributed by atoms with Crippen LogP contribution >= 0.6 is 0 Å². The van der Waals surface area contributed by atoms with Crippen LogP contribution in [0.4, 0.5) is 0 Å². The molecule has 1 aliphatic heterocycles. The fraction of sp³-hybridized carbons (Fsp3) is 0.941. The Morgan fingerprint density at radius 2 is 1.76 bits per heavy atom. The second kappa shape index (κ2) is 7.10. The lowest BCUT2D eigenvalue weighted by atomic mass is 10.00. The molecule has 1 aliphatic carbocycles. The van der Waals surface area contributed by atoms with Gasteiger partial charge in [-0.25, -0.2) is 0 Å². The Labute approximate surface area is 129 Å². The molecule has 0 bridgehead atoms. The van der Waals surface area contributed by atoms with Crippen LogP contribution in [0.1, 0.15) is 40.5 Å². The fourth-order valence-corrected chi connectivity index (χ4v) is 3.91. The van der Waals surface area contributed by atoms with E-state index in [-0.39, 0.29) is 12.0 Å². The first-order valence-electron chi connectivity index (χ1n) is 8.55. The predicted octanol–water partition coefficient (Wildman–Crippen LogP) is 1.83. The van der Waals surface area contributed by atoms with E-state index in [1.165, 1.54) is 0 Å². The maximum atomic E-state index is 12.6. The molecule has 0 radical (unpaired) electrons. The summed E-state index contributed by atoms with van der Waals surface area (Å²) < 4.78 is 0. The summed E-state index contributed by atoms with van der Waals surface area (Å²) in [7, 11) is 0. The predicted molar refractivity (Wildman–Crippen MR) is 84.9 cm³/mol. The Balaban J connectivity index is 1.87. The first-order valence-corrected chi connectivity index (χ1v) is 8.55. The molecule has 1 saturated carbocycles. The third kappa shape index (κ3) is 4.43. The summed E-state index contributed by atoms with van der Waals surface area (Å²) in [6.45, 7) is 12.8. The molecular formula is C17H32N2O2. The number of carbonyl (C=O) groups is 1. The highest BCUT2D eigenvalue weighted by Crippen LogP contribution is 2.37. The van der Waals surface area contributed by atoms with Crippen LogP contribution in [0.2, 0.25) is 0 Å². The number of amides is 1. The standard InChI is InChI=1S/C17H32N2O2/c1-12(2)7-19(8-13(3)4)17(21)11-18-9-14-5-6-16(20)15(14)10-18/h12-16,20H,5-11H2,1-4H3. The second-order valence-electron chi connectivity index (χ2n) is 7.85. The number of likely N-dealkylation sites (tertiary alicyclic amines) is 1. The molecular weight excluding hydrogens is 264 g/mol. The van der Waals surface area contributed by atoms with E-state index in [9.17, 15) is 9.90 Å². The Kier molecular flexibility index (Phi) is 5.67. The quantitative estimate of drug-likeness (QED) is 0.813. The molecule has 21 heavy (non-hydrogen) atoms. The smallest absolute Gasteiger partial charge is 0.236 e. The maximum Gasteiger partial charge on any atom is 0.236 e. The number of aliphatic hydroxyl groups excluding tert-OH is 1. The van der Waals surface area contributed by atoms with Crippen LogP contribution in [0.3, 0.4) is 0 Å². The van der Waals surface area contributed by atoms with Crippen molar-refractivity contribution in [1.82, 2.24) is 9.80 Å². The number of fused-ring (bicyclic) bond motifs is 1. The summed E-state index contributed by atoms with van der Waals surface area (Å²) in [4.78, 5) is 16.9. The molecule has 1 N–H and O–H groups in total. The second-order valence-corrected chi connectivity index (χ2v) is 7.85. The van der Waals surface area contributed by atoms with E-state index in [0.717, 1.165) is 39.0 Å². The summed E-state index contributed by atoms with van der Waals surface area (Å²) >= 11 is 0. The van der Waals surface area contributed by atoms with Gasteiger partial charge in [-0.1, -0.05) is 27.7 Å². The molecule has 0 aromatic heterocycles. The molecule has 0 aromatic rings. The Hall–Kier alpha value is -0.610. The Morgan fingerprint density at radius 1 is 1.14 bits per heavy atom. The minimum Gasteiger partial charge on any atom is -0.393 e. The molecule has 2 fully saturated rings. The minimum absolute atomic E-state index is 0.141. The summed E-state index contributed by atoms with van der Waals surface area (Å²) in [5.41, 5.74) is 0. The van der Waals surface area contributed by atoms with Gasteiger partial charge in [0.2, 0.25) is 5.91 Å². The first kappa shape index (κ1) is 16.8.